The minimum Gasteiger partial charge on any atom is -0.481 e. The van der Waals surface area contributed by atoms with Crippen LogP contribution in [0.3, 0.4) is 0 Å². The number of benzene rings is 1. The largest absolute Gasteiger partial charge is 0.481 e. The van der Waals surface area contributed by atoms with E-state index in [1.54, 1.807) is 24.3 Å². The van der Waals surface area contributed by atoms with Gasteiger partial charge in [0, 0.05) is 12.2 Å². The summed E-state index contributed by atoms with van der Waals surface area (Å²) in [6.45, 7) is 1.54. The van der Waals surface area contributed by atoms with Gasteiger partial charge in [-0.2, -0.15) is 0 Å². The van der Waals surface area contributed by atoms with Gasteiger partial charge in [-0.15, -0.1) is 0 Å². The molecule has 21 heavy (non-hydrogen) atoms. The quantitative estimate of drug-likeness (QED) is 0.745. The summed E-state index contributed by atoms with van der Waals surface area (Å²) in [5.41, 5.74) is 6.56. The fraction of sp³-hybridized carbons (Fsp3) is 0.357. The van der Waals surface area contributed by atoms with Crippen LogP contribution in [0.15, 0.2) is 24.3 Å². The molecule has 1 aromatic rings. The summed E-state index contributed by atoms with van der Waals surface area (Å²) in [4.78, 5) is 35.9. The molecule has 4 N–H and O–H groups in total. The van der Waals surface area contributed by atoms with Crippen LogP contribution in [0.1, 0.15) is 12.5 Å². The molecule has 0 aromatic heterocycles. The zero-order chi connectivity index (χ0) is 15.6. The lowest BCUT2D eigenvalue weighted by molar-refractivity contribution is -0.141. The first-order chi connectivity index (χ1) is 9.90. The second kappa shape index (κ2) is 5.82. The zero-order valence-electron chi connectivity index (χ0n) is 11.6. The van der Waals surface area contributed by atoms with Gasteiger partial charge in [0.05, 0.1) is 5.92 Å². The predicted molar refractivity (Wildman–Crippen MR) is 75.8 cm³/mol. The van der Waals surface area contributed by atoms with Crippen LogP contribution in [0.25, 0.3) is 0 Å². The molecule has 0 aliphatic carbocycles. The number of primary amides is 1. The molecule has 7 heteroatoms. The molecule has 0 bridgehead atoms. The number of anilines is 1. The van der Waals surface area contributed by atoms with E-state index in [1.165, 1.54) is 11.8 Å². The third-order valence-corrected chi connectivity index (χ3v) is 3.51. The summed E-state index contributed by atoms with van der Waals surface area (Å²) in [5.74, 6) is -2.27. The van der Waals surface area contributed by atoms with E-state index in [0.717, 1.165) is 5.56 Å². The van der Waals surface area contributed by atoms with Crippen LogP contribution in [0.5, 0.6) is 0 Å². The number of para-hydroxylation sites is 1. The number of urea groups is 1. The van der Waals surface area contributed by atoms with E-state index < -0.39 is 29.9 Å². The Morgan fingerprint density at radius 1 is 1.38 bits per heavy atom. The molecule has 2 atom stereocenters. The van der Waals surface area contributed by atoms with Crippen LogP contribution in [0, 0.1) is 5.92 Å². The van der Waals surface area contributed by atoms with Crippen molar-refractivity contribution in [2.75, 3.05) is 11.4 Å². The van der Waals surface area contributed by atoms with Crippen molar-refractivity contribution in [3.05, 3.63) is 29.8 Å². The Morgan fingerprint density at radius 2 is 2.05 bits per heavy atom. The molecule has 112 valence electrons. The van der Waals surface area contributed by atoms with Crippen molar-refractivity contribution in [3.63, 3.8) is 0 Å². The number of amides is 3. The fourth-order valence-corrected chi connectivity index (χ4v) is 2.29. The Hall–Kier alpha value is -2.57. The molecule has 0 fully saturated rings. The Kier molecular flexibility index (Phi) is 4.11. The lowest BCUT2D eigenvalue weighted by Gasteiger charge is -2.33. The highest BCUT2D eigenvalue weighted by atomic mass is 16.4. The van der Waals surface area contributed by atoms with Gasteiger partial charge in [0.2, 0.25) is 5.91 Å². The number of nitrogens with zero attached hydrogens (tertiary/aromatic N) is 1. The van der Waals surface area contributed by atoms with Gasteiger partial charge < -0.3 is 16.2 Å². The highest BCUT2D eigenvalue weighted by Crippen LogP contribution is 2.29. The average molecular weight is 291 g/mol. The van der Waals surface area contributed by atoms with Crippen LogP contribution in [-0.4, -0.2) is 35.6 Å². The van der Waals surface area contributed by atoms with Gasteiger partial charge in [-0.1, -0.05) is 18.2 Å². The number of nitrogens with two attached hydrogens (primary N) is 1. The number of carboxylic acid groups (broad SMARTS) is 1. The Morgan fingerprint density at radius 3 is 2.67 bits per heavy atom. The van der Waals surface area contributed by atoms with E-state index in [4.69, 9.17) is 5.73 Å². The van der Waals surface area contributed by atoms with Gasteiger partial charge in [-0.05, 0) is 25.0 Å². The van der Waals surface area contributed by atoms with Gasteiger partial charge in [0.15, 0.2) is 0 Å². The number of hydrogen-bond donors (Lipinski definition) is 3. The molecule has 3 amide bonds. The third-order valence-electron chi connectivity index (χ3n) is 3.51. The SMILES string of the molecule is CC(NC(=O)N1CC(C(=O)O)Cc2ccccc21)C(N)=O. The molecule has 1 aliphatic heterocycles. The maximum Gasteiger partial charge on any atom is 0.322 e. The van der Waals surface area contributed by atoms with E-state index >= 15 is 0 Å². The summed E-state index contributed by atoms with van der Waals surface area (Å²) in [7, 11) is 0. The Labute approximate surface area is 121 Å². The standard InChI is InChI=1S/C14H17N3O4/c1-8(12(15)18)16-14(21)17-7-10(13(19)20)6-9-4-2-3-5-11(9)17/h2-5,8,10H,6-7H2,1H3,(H2,15,18)(H,16,21)(H,19,20). The summed E-state index contributed by atoms with van der Waals surface area (Å²) >= 11 is 0. The van der Waals surface area contributed by atoms with Crippen LogP contribution in [0.2, 0.25) is 0 Å². The number of hydrogen-bond acceptors (Lipinski definition) is 3. The lowest BCUT2D eigenvalue weighted by atomic mass is 9.93. The van der Waals surface area contributed by atoms with Crippen LogP contribution in [0.4, 0.5) is 10.5 Å². The van der Waals surface area contributed by atoms with Crippen molar-refractivity contribution in [2.24, 2.45) is 11.7 Å². The highest BCUT2D eigenvalue weighted by Gasteiger charge is 2.32. The van der Waals surface area contributed by atoms with E-state index in [1.807, 2.05) is 0 Å². The summed E-state index contributed by atoms with van der Waals surface area (Å²) < 4.78 is 0. The number of carboxylic acids is 1. The predicted octanol–water partition coefficient (Wildman–Crippen LogP) is 0.333. The molecular weight excluding hydrogens is 274 g/mol. The van der Waals surface area contributed by atoms with Gasteiger partial charge >= 0.3 is 12.0 Å². The second-order valence-corrected chi connectivity index (χ2v) is 5.05. The number of rotatable bonds is 3. The summed E-state index contributed by atoms with van der Waals surface area (Å²) in [5, 5.41) is 11.7. The molecule has 2 rings (SSSR count). The van der Waals surface area contributed by atoms with Crippen molar-refractivity contribution < 1.29 is 19.5 Å². The Balaban J connectivity index is 2.27. The molecule has 2 unspecified atom stereocenters. The number of carbonyl (C=O) groups is 3. The first-order valence-corrected chi connectivity index (χ1v) is 6.58. The summed E-state index contributed by atoms with van der Waals surface area (Å²) in [6, 6.07) is 5.77. The van der Waals surface area contributed by atoms with Crippen LogP contribution < -0.4 is 16.0 Å². The van der Waals surface area contributed by atoms with Crippen molar-refractivity contribution in [3.8, 4) is 0 Å². The van der Waals surface area contributed by atoms with Crippen LogP contribution >= 0.6 is 0 Å². The Bertz CT molecular complexity index is 587. The first kappa shape index (κ1) is 14.8. The van der Waals surface area contributed by atoms with Crippen LogP contribution in [-0.2, 0) is 16.0 Å². The number of nitrogens with one attached hydrogen (secondary N) is 1. The van der Waals surface area contributed by atoms with E-state index in [9.17, 15) is 19.5 Å². The molecule has 0 spiro atoms. The van der Waals surface area contributed by atoms with E-state index in [2.05, 4.69) is 5.32 Å². The van der Waals surface area contributed by atoms with Gasteiger partial charge in [-0.3, -0.25) is 14.5 Å². The molecule has 0 saturated heterocycles. The van der Waals surface area contributed by atoms with E-state index in [-0.39, 0.29) is 6.54 Å². The molecule has 1 aromatic carbocycles. The van der Waals surface area contributed by atoms with Gasteiger partial charge in [0.1, 0.15) is 6.04 Å². The van der Waals surface area contributed by atoms with Crippen molar-refractivity contribution in [1.29, 1.82) is 0 Å². The smallest absolute Gasteiger partial charge is 0.322 e. The molecule has 0 radical (unpaired) electrons. The van der Waals surface area contributed by atoms with Gasteiger partial charge in [0.25, 0.3) is 0 Å². The molecule has 1 aliphatic rings. The molecular formula is C14H17N3O4. The molecule has 0 saturated carbocycles. The van der Waals surface area contributed by atoms with Crippen molar-refractivity contribution in [2.45, 2.75) is 19.4 Å². The lowest BCUT2D eigenvalue weighted by Crippen LogP contribution is -2.52. The fourth-order valence-electron chi connectivity index (χ4n) is 2.29. The van der Waals surface area contributed by atoms with Crippen molar-refractivity contribution >= 4 is 23.6 Å². The minimum atomic E-state index is -0.953. The minimum absolute atomic E-state index is 0.0592. The molecule has 7 nitrogen and oxygen atoms in total. The number of aliphatic carboxylic acids is 1. The second-order valence-electron chi connectivity index (χ2n) is 5.05. The topological polar surface area (TPSA) is 113 Å². The van der Waals surface area contributed by atoms with Gasteiger partial charge in [-0.25, -0.2) is 4.79 Å². The average Bonchev–Trinajstić information content (AvgIpc) is 2.45. The zero-order valence-corrected chi connectivity index (χ0v) is 11.6. The monoisotopic (exact) mass is 291 g/mol. The number of fused-ring (bicyclic) bond motifs is 1. The number of carbonyl (C=O) groups excluding carboxylic acids is 2. The van der Waals surface area contributed by atoms with Crippen molar-refractivity contribution in [1.82, 2.24) is 5.32 Å². The van der Waals surface area contributed by atoms with E-state index in [0.29, 0.717) is 12.1 Å². The maximum absolute atomic E-state index is 12.3. The first-order valence-electron chi connectivity index (χ1n) is 6.58. The molecule has 1 heterocycles. The maximum atomic E-state index is 12.3. The normalized spacial score (nSPS) is 18.5. The third kappa shape index (κ3) is 3.13. The summed E-state index contributed by atoms with van der Waals surface area (Å²) in [6.07, 6.45) is 0.376. The highest BCUT2D eigenvalue weighted by molar-refractivity contribution is 5.97.